The second kappa shape index (κ2) is 5.61. The van der Waals surface area contributed by atoms with Crippen LogP contribution >= 0.6 is 22.9 Å². The van der Waals surface area contributed by atoms with Crippen molar-refractivity contribution in [2.75, 3.05) is 31.1 Å². The molecule has 1 fully saturated rings. The third-order valence-electron chi connectivity index (χ3n) is 3.38. The lowest BCUT2D eigenvalue weighted by Gasteiger charge is -2.21. The molecule has 3 heterocycles. The zero-order chi connectivity index (χ0) is 13.2. The maximum atomic E-state index is 6.08. The van der Waals surface area contributed by atoms with Gasteiger partial charge < -0.3 is 10.2 Å². The molecule has 0 saturated carbocycles. The van der Waals surface area contributed by atoms with Gasteiger partial charge in [0.15, 0.2) is 0 Å². The standard InChI is InChI=1S/C13H17ClN4S/c1-2-9-8-10-11(16-13(14)17-12(10)19-9)18-6-3-4-15-5-7-18/h8,15H,2-7H2,1H3. The molecule has 0 spiro atoms. The van der Waals surface area contributed by atoms with Crippen molar-refractivity contribution in [3.63, 3.8) is 0 Å². The Morgan fingerprint density at radius 1 is 1.37 bits per heavy atom. The van der Waals surface area contributed by atoms with E-state index in [4.69, 9.17) is 11.6 Å². The van der Waals surface area contributed by atoms with Gasteiger partial charge in [-0.2, -0.15) is 4.98 Å². The summed E-state index contributed by atoms with van der Waals surface area (Å²) >= 11 is 7.80. The number of anilines is 1. The summed E-state index contributed by atoms with van der Waals surface area (Å²) in [5.74, 6) is 0.995. The molecule has 4 nitrogen and oxygen atoms in total. The topological polar surface area (TPSA) is 41.0 Å². The molecule has 2 aromatic rings. The fourth-order valence-corrected chi connectivity index (χ4v) is 3.58. The first-order chi connectivity index (χ1) is 9.28. The molecule has 2 aromatic heterocycles. The van der Waals surface area contributed by atoms with Crippen molar-refractivity contribution in [2.24, 2.45) is 0 Å². The van der Waals surface area contributed by atoms with Gasteiger partial charge in [-0.05, 0) is 37.1 Å². The molecule has 6 heteroatoms. The highest BCUT2D eigenvalue weighted by molar-refractivity contribution is 7.18. The summed E-state index contributed by atoms with van der Waals surface area (Å²) in [6.07, 6.45) is 2.16. The van der Waals surface area contributed by atoms with Gasteiger partial charge in [0.25, 0.3) is 0 Å². The van der Waals surface area contributed by atoms with Crippen molar-refractivity contribution in [3.8, 4) is 0 Å². The Bertz CT molecular complexity index is 575. The first-order valence-corrected chi connectivity index (χ1v) is 7.89. The summed E-state index contributed by atoms with van der Waals surface area (Å²) in [7, 11) is 0. The highest BCUT2D eigenvalue weighted by Crippen LogP contribution is 2.32. The van der Waals surface area contributed by atoms with Crippen molar-refractivity contribution < 1.29 is 0 Å². The molecule has 0 amide bonds. The number of aryl methyl sites for hydroxylation is 1. The minimum atomic E-state index is 0.351. The van der Waals surface area contributed by atoms with Crippen LogP contribution in [-0.2, 0) is 6.42 Å². The molecule has 102 valence electrons. The van der Waals surface area contributed by atoms with E-state index in [1.54, 1.807) is 11.3 Å². The number of nitrogens with one attached hydrogen (secondary N) is 1. The van der Waals surface area contributed by atoms with E-state index >= 15 is 0 Å². The maximum Gasteiger partial charge on any atom is 0.225 e. The Morgan fingerprint density at radius 3 is 3.11 bits per heavy atom. The summed E-state index contributed by atoms with van der Waals surface area (Å²) in [6, 6.07) is 2.21. The summed E-state index contributed by atoms with van der Waals surface area (Å²) in [5, 5.41) is 4.91. The predicted octanol–water partition coefficient (Wildman–Crippen LogP) is 2.71. The Morgan fingerprint density at radius 2 is 2.26 bits per heavy atom. The molecule has 0 aromatic carbocycles. The number of hydrogen-bond donors (Lipinski definition) is 1. The van der Waals surface area contributed by atoms with Gasteiger partial charge in [0.05, 0.1) is 5.39 Å². The van der Waals surface area contributed by atoms with E-state index in [1.807, 2.05) is 0 Å². The van der Waals surface area contributed by atoms with Crippen LogP contribution in [0.15, 0.2) is 6.07 Å². The molecule has 0 unspecified atom stereocenters. The van der Waals surface area contributed by atoms with E-state index in [2.05, 4.69) is 33.2 Å². The lowest BCUT2D eigenvalue weighted by Crippen LogP contribution is -2.28. The van der Waals surface area contributed by atoms with Gasteiger partial charge in [-0.1, -0.05) is 6.92 Å². The lowest BCUT2D eigenvalue weighted by molar-refractivity contribution is 0.724. The monoisotopic (exact) mass is 296 g/mol. The van der Waals surface area contributed by atoms with Crippen molar-refractivity contribution in [2.45, 2.75) is 19.8 Å². The minimum absolute atomic E-state index is 0.351. The predicted molar refractivity (Wildman–Crippen MR) is 81.5 cm³/mol. The zero-order valence-electron chi connectivity index (χ0n) is 10.9. The smallest absolute Gasteiger partial charge is 0.225 e. The van der Waals surface area contributed by atoms with Gasteiger partial charge in [-0.15, -0.1) is 11.3 Å². The molecular formula is C13H17ClN4S. The molecular weight excluding hydrogens is 280 g/mol. The minimum Gasteiger partial charge on any atom is -0.355 e. The third kappa shape index (κ3) is 2.68. The first-order valence-electron chi connectivity index (χ1n) is 6.69. The van der Waals surface area contributed by atoms with Crippen molar-refractivity contribution in [3.05, 3.63) is 16.2 Å². The number of nitrogens with zero attached hydrogens (tertiary/aromatic N) is 3. The summed E-state index contributed by atoms with van der Waals surface area (Å²) in [4.78, 5) is 13.5. The molecule has 0 radical (unpaired) electrons. The van der Waals surface area contributed by atoms with Crippen LogP contribution in [0.4, 0.5) is 5.82 Å². The Labute approximate surface area is 121 Å². The van der Waals surface area contributed by atoms with Gasteiger partial charge in [0.2, 0.25) is 5.28 Å². The van der Waals surface area contributed by atoms with Gasteiger partial charge in [-0.3, -0.25) is 0 Å². The van der Waals surface area contributed by atoms with E-state index in [0.717, 1.165) is 55.1 Å². The van der Waals surface area contributed by atoms with E-state index in [9.17, 15) is 0 Å². The van der Waals surface area contributed by atoms with Crippen molar-refractivity contribution >= 4 is 39.0 Å². The van der Waals surface area contributed by atoms with Crippen LogP contribution in [-0.4, -0.2) is 36.1 Å². The quantitative estimate of drug-likeness (QED) is 0.865. The normalized spacial score (nSPS) is 16.8. The summed E-state index contributed by atoms with van der Waals surface area (Å²) in [6.45, 7) is 6.22. The molecule has 0 bridgehead atoms. The molecule has 1 aliphatic rings. The Balaban J connectivity index is 2.07. The maximum absolute atomic E-state index is 6.08. The Kier molecular flexibility index (Phi) is 3.86. The van der Waals surface area contributed by atoms with E-state index in [0.29, 0.717) is 5.28 Å². The van der Waals surface area contributed by atoms with E-state index in [1.165, 1.54) is 4.88 Å². The molecule has 1 aliphatic heterocycles. The number of fused-ring (bicyclic) bond motifs is 1. The van der Waals surface area contributed by atoms with Crippen LogP contribution < -0.4 is 10.2 Å². The van der Waals surface area contributed by atoms with Crippen LogP contribution in [0, 0.1) is 0 Å². The molecule has 0 atom stereocenters. The molecule has 3 rings (SSSR count). The molecule has 0 aliphatic carbocycles. The van der Waals surface area contributed by atoms with Crippen LogP contribution in [0.1, 0.15) is 18.2 Å². The van der Waals surface area contributed by atoms with Crippen LogP contribution in [0.25, 0.3) is 10.2 Å². The van der Waals surface area contributed by atoms with E-state index < -0.39 is 0 Å². The van der Waals surface area contributed by atoms with Crippen LogP contribution in [0.2, 0.25) is 5.28 Å². The van der Waals surface area contributed by atoms with Crippen molar-refractivity contribution in [1.82, 2.24) is 15.3 Å². The van der Waals surface area contributed by atoms with Gasteiger partial charge in [0.1, 0.15) is 10.6 Å². The average Bonchev–Trinajstić information content (AvgIpc) is 2.64. The van der Waals surface area contributed by atoms with E-state index in [-0.39, 0.29) is 0 Å². The highest BCUT2D eigenvalue weighted by Gasteiger charge is 2.17. The van der Waals surface area contributed by atoms with Crippen LogP contribution in [0.3, 0.4) is 0 Å². The number of rotatable bonds is 2. The average molecular weight is 297 g/mol. The molecule has 19 heavy (non-hydrogen) atoms. The zero-order valence-corrected chi connectivity index (χ0v) is 12.5. The fraction of sp³-hybridized carbons (Fsp3) is 0.538. The number of hydrogen-bond acceptors (Lipinski definition) is 5. The summed E-state index contributed by atoms with van der Waals surface area (Å²) < 4.78 is 0. The SMILES string of the molecule is CCc1cc2c(N3CCCNCC3)nc(Cl)nc2s1. The van der Waals surface area contributed by atoms with Crippen molar-refractivity contribution in [1.29, 1.82) is 0 Å². The van der Waals surface area contributed by atoms with Crippen LogP contribution in [0.5, 0.6) is 0 Å². The third-order valence-corrected chi connectivity index (χ3v) is 4.73. The van der Waals surface area contributed by atoms with Gasteiger partial charge >= 0.3 is 0 Å². The second-order valence-corrected chi connectivity index (χ2v) is 6.15. The Hall–Kier alpha value is -0.910. The lowest BCUT2D eigenvalue weighted by atomic mass is 10.3. The number of aromatic nitrogens is 2. The summed E-state index contributed by atoms with van der Waals surface area (Å²) in [5.41, 5.74) is 0. The second-order valence-electron chi connectivity index (χ2n) is 4.69. The molecule has 1 saturated heterocycles. The van der Waals surface area contributed by atoms with Gasteiger partial charge in [0, 0.05) is 24.5 Å². The highest BCUT2D eigenvalue weighted by atomic mass is 35.5. The number of halogens is 1. The first kappa shape index (κ1) is 13.1. The fourth-order valence-electron chi connectivity index (χ4n) is 2.40. The molecule has 1 N–H and O–H groups in total. The van der Waals surface area contributed by atoms with Gasteiger partial charge in [-0.25, -0.2) is 4.98 Å². The largest absolute Gasteiger partial charge is 0.355 e. The number of thiophene rings is 1.